The average molecular weight is 465 g/mol. The van der Waals surface area contributed by atoms with E-state index >= 15 is 0 Å². The zero-order chi connectivity index (χ0) is 21.6. The Kier molecular flexibility index (Phi) is 5.46. The van der Waals surface area contributed by atoms with Gasteiger partial charge in [0.15, 0.2) is 0 Å². The first kappa shape index (κ1) is 20.7. The van der Waals surface area contributed by atoms with Gasteiger partial charge in [-0.3, -0.25) is 9.36 Å². The normalized spacial score (nSPS) is 12.3. The summed E-state index contributed by atoms with van der Waals surface area (Å²) in [5, 5.41) is 1.07. The third-order valence-electron chi connectivity index (χ3n) is 4.48. The van der Waals surface area contributed by atoms with Gasteiger partial charge in [0.1, 0.15) is 33.4 Å². The van der Waals surface area contributed by atoms with Crippen molar-refractivity contribution in [3.8, 4) is 17.2 Å². The molecule has 1 atom stereocenters. The van der Waals surface area contributed by atoms with Crippen LogP contribution < -0.4 is 15.0 Å². The summed E-state index contributed by atoms with van der Waals surface area (Å²) in [5.74, 6) is 0.550. The Morgan fingerprint density at radius 3 is 2.37 bits per heavy atom. The first-order valence-electron chi connectivity index (χ1n) is 8.49. The van der Waals surface area contributed by atoms with Crippen LogP contribution in [0.15, 0.2) is 40.5 Å². The highest BCUT2D eigenvalue weighted by molar-refractivity contribution is 7.90. The van der Waals surface area contributed by atoms with Crippen molar-refractivity contribution in [1.29, 1.82) is 0 Å². The molecule has 11 heteroatoms. The summed E-state index contributed by atoms with van der Waals surface area (Å²) in [7, 11) is 2.89. The van der Waals surface area contributed by atoms with Crippen LogP contribution in [-0.4, -0.2) is 44.5 Å². The Balaban J connectivity index is 2.22. The van der Waals surface area contributed by atoms with E-state index in [1.54, 1.807) is 12.1 Å². The summed E-state index contributed by atoms with van der Waals surface area (Å²) in [6.07, 6.45) is 4.33. The van der Waals surface area contributed by atoms with E-state index in [2.05, 4.69) is 15.0 Å². The number of fused-ring (bicyclic) bond motifs is 3. The molecule has 4 rings (SSSR count). The Morgan fingerprint density at radius 2 is 1.77 bits per heavy atom. The van der Waals surface area contributed by atoms with E-state index in [0.29, 0.717) is 10.9 Å². The Labute approximate surface area is 183 Å². The number of ether oxygens (including phenoxy) is 2. The highest BCUT2D eigenvalue weighted by atomic mass is 35.5. The van der Waals surface area contributed by atoms with Crippen molar-refractivity contribution in [2.24, 2.45) is 0 Å². The maximum absolute atomic E-state index is 13.5. The quantitative estimate of drug-likeness (QED) is 0.259. The fraction of sp³-hybridized carbons (Fsp3) is 0.158. The minimum atomic E-state index is -1.42. The van der Waals surface area contributed by atoms with Crippen LogP contribution in [0.2, 0.25) is 10.0 Å². The van der Waals surface area contributed by atoms with Gasteiger partial charge in [-0.15, -0.1) is 0 Å². The molecule has 0 aliphatic heterocycles. The van der Waals surface area contributed by atoms with E-state index in [4.69, 9.17) is 32.7 Å². The zero-order valence-electron chi connectivity index (χ0n) is 16.0. The van der Waals surface area contributed by atoms with E-state index in [-0.39, 0.29) is 43.4 Å². The molecule has 3 aromatic heterocycles. The van der Waals surface area contributed by atoms with E-state index in [9.17, 15) is 9.35 Å². The third-order valence-corrected chi connectivity index (χ3v) is 5.93. The van der Waals surface area contributed by atoms with Gasteiger partial charge in [0.2, 0.25) is 0 Å². The fourth-order valence-electron chi connectivity index (χ4n) is 3.12. The molecular weight excluding hydrogens is 451 g/mol. The minimum absolute atomic E-state index is 0.115. The smallest absolute Gasteiger partial charge is 0.342 e. The number of aromatic nitrogens is 4. The lowest BCUT2D eigenvalue weighted by Crippen LogP contribution is -2.22. The van der Waals surface area contributed by atoms with Gasteiger partial charge in [-0.2, -0.15) is 9.97 Å². The summed E-state index contributed by atoms with van der Waals surface area (Å²) in [4.78, 5) is 26.3. The van der Waals surface area contributed by atoms with Gasteiger partial charge in [0.25, 0.3) is 5.56 Å². The Morgan fingerprint density at radius 1 is 1.10 bits per heavy atom. The molecule has 0 amide bonds. The number of hydrogen-bond donors (Lipinski definition) is 0. The van der Waals surface area contributed by atoms with Gasteiger partial charge in [-0.25, -0.2) is 4.98 Å². The Bertz CT molecular complexity index is 1330. The molecule has 0 spiro atoms. The molecule has 0 aliphatic rings. The second kappa shape index (κ2) is 7.92. The van der Waals surface area contributed by atoms with Crippen molar-refractivity contribution < 1.29 is 14.0 Å². The summed E-state index contributed by atoms with van der Waals surface area (Å²) in [6, 6.07) is 4.98. The van der Waals surface area contributed by atoms with Gasteiger partial charge in [0, 0.05) is 35.0 Å². The number of halogens is 2. The summed E-state index contributed by atoms with van der Waals surface area (Å²) in [6.45, 7) is 0. The second-order valence-corrected chi connectivity index (χ2v) is 8.17. The maximum atomic E-state index is 13.5. The third kappa shape index (κ3) is 3.14. The summed E-state index contributed by atoms with van der Waals surface area (Å²) >= 11 is 11.7. The van der Waals surface area contributed by atoms with Crippen LogP contribution in [0.1, 0.15) is 0 Å². The van der Waals surface area contributed by atoms with Crippen LogP contribution in [-0.2, 0) is 11.2 Å². The van der Waals surface area contributed by atoms with Crippen LogP contribution in [0.4, 0.5) is 0 Å². The van der Waals surface area contributed by atoms with Crippen molar-refractivity contribution >= 4 is 56.3 Å². The number of pyridine rings is 2. The predicted octanol–water partition coefficient (Wildman–Crippen LogP) is 3.39. The van der Waals surface area contributed by atoms with Gasteiger partial charge >= 0.3 is 5.16 Å². The van der Waals surface area contributed by atoms with Gasteiger partial charge in [-0.1, -0.05) is 23.2 Å². The zero-order valence-corrected chi connectivity index (χ0v) is 18.3. The number of nitrogens with zero attached hydrogens (tertiary/aromatic N) is 4. The second-order valence-electron chi connectivity index (χ2n) is 6.14. The van der Waals surface area contributed by atoms with Crippen LogP contribution in [0.25, 0.3) is 27.6 Å². The minimum Gasteiger partial charge on any atom is -0.609 e. The van der Waals surface area contributed by atoms with Crippen LogP contribution >= 0.6 is 23.2 Å². The standard InChI is InChI=1S/C19H14Cl2N4O4S/c1-28-11-7-12(29-2)14(21)16(13(11)20)25-17-9(5-4-6-22-17)15-10(18(25)26)8-23-19(24-15)30(3)27/h4-8H,1-3H3. The largest absolute Gasteiger partial charge is 0.609 e. The summed E-state index contributed by atoms with van der Waals surface area (Å²) in [5.41, 5.74) is 0.263. The van der Waals surface area contributed by atoms with Crippen molar-refractivity contribution in [2.75, 3.05) is 20.5 Å². The molecular formula is C19H14Cl2N4O4S. The molecule has 8 nitrogen and oxygen atoms in total. The predicted molar refractivity (Wildman–Crippen MR) is 116 cm³/mol. The number of methoxy groups -OCH3 is 2. The molecule has 0 saturated heterocycles. The molecule has 30 heavy (non-hydrogen) atoms. The highest BCUT2D eigenvalue weighted by Crippen LogP contribution is 2.43. The van der Waals surface area contributed by atoms with Gasteiger partial charge in [-0.05, 0) is 12.1 Å². The molecule has 0 bridgehead atoms. The van der Waals surface area contributed by atoms with Crippen molar-refractivity contribution in [3.05, 3.63) is 51.0 Å². The SMILES string of the molecule is COc1cc(OC)c(Cl)c(-n2c(=O)c3cnc([S+](C)[O-])nc3c3cccnc32)c1Cl. The van der Waals surface area contributed by atoms with Crippen molar-refractivity contribution in [3.63, 3.8) is 0 Å². The lowest BCUT2D eigenvalue weighted by Gasteiger charge is -2.18. The lowest BCUT2D eigenvalue weighted by molar-refractivity contribution is 0.394. The lowest BCUT2D eigenvalue weighted by atomic mass is 10.2. The number of rotatable bonds is 4. The Hall–Kier alpha value is -2.59. The van der Waals surface area contributed by atoms with Crippen molar-refractivity contribution in [1.82, 2.24) is 19.5 Å². The molecule has 0 N–H and O–H groups in total. The molecule has 4 aromatic rings. The number of benzene rings is 1. The van der Waals surface area contributed by atoms with Crippen molar-refractivity contribution in [2.45, 2.75) is 5.16 Å². The molecule has 1 aromatic carbocycles. The first-order chi connectivity index (χ1) is 14.4. The summed E-state index contributed by atoms with van der Waals surface area (Å²) < 4.78 is 23.8. The number of hydrogen-bond acceptors (Lipinski definition) is 7. The highest BCUT2D eigenvalue weighted by Gasteiger charge is 2.24. The molecule has 3 heterocycles. The van der Waals surface area contributed by atoms with Gasteiger partial charge < -0.3 is 14.0 Å². The molecule has 0 radical (unpaired) electrons. The topological polar surface area (TPSA) is 102 Å². The van der Waals surface area contributed by atoms with Crippen LogP contribution in [0, 0.1) is 0 Å². The molecule has 0 aliphatic carbocycles. The van der Waals surface area contributed by atoms with E-state index in [1.807, 2.05) is 0 Å². The van der Waals surface area contributed by atoms with Crippen LogP contribution in [0.5, 0.6) is 11.5 Å². The average Bonchev–Trinajstić information content (AvgIpc) is 2.75. The van der Waals surface area contributed by atoms with Crippen LogP contribution in [0.3, 0.4) is 0 Å². The fourth-order valence-corrected chi connectivity index (χ4v) is 4.21. The van der Waals surface area contributed by atoms with E-state index in [1.165, 1.54) is 43.5 Å². The molecule has 154 valence electrons. The first-order valence-corrected chi connectivity index (χ1v) is 10.8. The molecule has 1 unspecified atom stereocenters. The molecule has 0 saturated carbocycles. The monoisotopic (exact) mass is 464 g/mol. The maximum Gasteiger partial charge on any atom is 0.342 e. The van der Waals surface area contributed by atoms with Gasteiger partial charge in [0.05, 0.1) is 30.8 Å². The van der Waals surface area contributed by atoms with E-state index < -0.39 is 16.7 Å². The molecule has 0 fully saturated rings. The van der Waals surface area contributed by atoms with E-state index in [0.717, 1.165) is 0 Å².